The standard InChI is InChI=1S/C24H23Br2N3O4S/c1-29(2)24(31)21(14-16-6-4-3-5-7-16)27-23(30)17-8-11-19(12-9-17)28-34(32,33)22-15-18(25)10-13-20(22)26/h3-13,15,21,28H,14H2,1-2H3,(H,27,30)/t21-/m1/s1. The number of carbonyl (C=O) groups excluding carboxylic acids is 2. The van der Waals surface area contributed by atoms with Crippen LogP contribution in [0.5, 0.6) is 0 Å². The van der Waals surface area contributed by atoms with Crippen molar-refractivity contribution in [1.29, 1.82) is 0 Å². The molecular formula is C24H23Br2N3O4S. The molecule has 2 N–H and O–H groups in total. The van der Waals surface area contributed by atoms with E-state index in [-0.39, 0.29) is 10.8 Å². The number of rotatable bonds is 8. The zero-order valence-electron chi connectivity index (χ0n) is 18.5. The van der Waals surface area contributed by atoms with Gasteiger partial charge in [-0.3, -0.25) is 14.3 Å². The van der Waals surface area contributed by atoms with Crippen molar-refractivity contribution in [3.8, 4) is 0 Å². The van der Waals surface area contributed by atoms with E-state index in [1.165, 1.54) is 35.2 Å². The van der Waals surface area contributed by atoms with E-state index in [0.717, 1.165) is 5.56 Å². The topological polar surface area (TPSA) is 95.6 Å². The van der Waals surface area contributed by atoms with Crippen molar-refractivity contribution in [1.82, 2.24) is 10.2 Å². The van der Waals surface area contributed by atoms with Crippen LogP contribution in [0.2, 0.25) is 0 Å². The Morgan fingerprint density at radius 1 is 0.941 bits per heavy atom. The van der Waals surface area contributed by atoms with E-state index in [0.29, 0.717) is 26.6 Å². The Hall–Kier alpha value is -2.69. The van der Waals surface area contributed by atoms with Crippen molar-refractivity contribution in [2.24, 2.45) is 0 Å². The van der Waals surface area contributed by atoms with Crippen LogP contribution in [-0.4, -0.2) is 45.3 Å². The highest BCUT2D eigenvalue weighted by molar-refractivity contribution is 9.11. The van der Waals surface area contributed by atoms with E-state index in [2.05, 4.69) is 41.9 Å². The van der Waals surface area contributed by atoms with Crippen LogP contribution in [0, 0.1) is 0 Å². The normalized spacial score (nSPS) is 12.0. The smallest absolute Gasteiger partial charge is 0.263 e. The summed E-state index contributed by atoms with van der Waals surface area (Å²) in [6.07, 6.45) is 0.350. The highest BCUT2D eigenvalue weighted by atomic mass is 79.9. The SMILES string of the molecule is CN(C)C(=O)[C@@H](Cc1ccccc1)NC(=O)c1ccc(NS(=O)(=O)c2cc(Br)ccc2Br)cc1. The average Bonchev–Trinajstić information content (AvgIpc) is 2.80. The summed E-state index contributed by atoms with van der Waals surface area (Å²) in [7, 11) is -0.580. The maximum atomic E-state index is 12.8. The molecule has 2 amide bonds. The van der Waals surface area contributed by atoms with Crippen LogP contribution in [0.3, 0.4) is 0 Å². The summed E-state index contributed by atoms with van der Waals surface area (Å²) in [5.74, 6) is -0.651. The Labute approximate surface area is 215 Å². The highest BCUT2D eigenvalue weighted by Crippen LogP contribution is 2.27. The molecule has 3 aromatic rings. The summed E-state index contributed by atoms with van der Waals surface area (Å²) in [5, 5.41) is 2.79. The molecule has 0 saturated carbocycles. The van der Waals surface area contributed by atoms with Gasteiger partial charge in [0, 0.05) is 40.7 Å². The molecule has 0 aliphatic rings. The number of halogens is 2. The Kier molecular flexibility index (Phi) is 8.51. The lowest BCUT2D eigenvalue weighted by molar-refractivity contribution is -0.130. The number of sulfonamides is 1. The molecule has 0 saturated heterocycles. The molecule has 0 aromatic heterocycles. The third-order valence-corrected chi connectivity index (χ3v) is 7.78. The van der Waals surface area contributed by atoms with Gasteiger partial charge in [-0.25, -0.2) is 8.42 Å². The Morgan fingerprint density at radius 2 is 1.59 bits per heavy atom. The van der Waals surface area contributed by atoms with Crippen molar-refractivity contribution < 1.29 is 18.0 Å². The zero-order valence-corrected chi connectivity index (χ0v) is 22.4. The van der Waals surface area contributed by atoms with Gasteiger partial charge in [-0.2, -0.15) is 0 Å². The molecule has 0 aliphatic heterocycles. The summed E-state index contributed by atoms with van der Waals surface area (Å²) in [5.41, 5.74) is 1.52. The minimum atomic E-state index is -3.85. The molecule has 178 valence electrons. The number of nitrogens with one attached hydrogen (secondary N) is 2. The van der Waals surface area contributed by atoms with Gasteiger partial charge in [0.15, 0.2) is 0 Å². The van der Waals surface area contributed by atoms with Crippen molar-refractivity contribution in [3.05, 3.63) is 92.9 Å². The van der Waals surface area contributed by atoms with E-state index >= 15 is 0 Å². The minimum absolute atomic E-state index is 0.0784. The second-order valence-electron chi connectivity index (χ2n) is 7.71. The first-order valence-electron chi connectivity index (χ1n) is 10.2. The van der Waals surface area contributed by atoms with E-state index in [1.807, 2.05) is 30.3 Å². The van der Waals surface area contributed by atoms with Crippen molar-refractivity contribution >= 4 is 59.4 Å². The molecule has 0 fully saturated rings. The van der Waals surface area contributed by atoms with Crippen LogP contribution in [0.4, 0.5) is 5.69 Å². The first-order chi connectivity index (χ1) is 16.1. The fourth-order valence-corrected chi connectivity index (χ4v) is 5.75. The van der Waals surface area contributed by atoms with Crippen molar-refractivity contribution in [2.75, 3.05) is 18.8 Å². The minimum Gasteiger partial charge on any atom is -0.347 e. The largest absolute Gasteiger partial charge is 0.347 e. The van der Waals surface area contributed by atoms with E-state index in [4.69, 9.17) is 0 Å². The molecule has 34 heavy (non-hydrogen) atoms. The fraction of sp³-hybridized carbons (Fsp3) is 0.167. The summed E-state index contributed by atoms with van der Waals surface area (Å²) < 4.78 is 29.1. The lowest BCUT2D eigenvalue weighted by atomic mass is 10.0. The number of amides is 2. The monoisotopic (exact) mass is 607 g/mol. The summed E-state index contributed by atoms with van der Waals surface area (Å²) in [6.45, 7) is 0. The number of hydrogen-bond acceptors (Lipinski definition) is 4. The van der Waals surface area contributed by atoms with Gasteiger partial charge >= 0.3 is 0 Å². The first kappa shape index (κ1) is 25.9. The average molecular weight is 609 g/mol. The Balaban J connectivity index is 1.74. The first-order valence-corrected chi connectivity index (χ1v) is 13.3. The molecule has 3 aromatic carbocycles. The van der Waals surface area contributed by atoms with Crippen LogP contribution >= 0.6 is 31.9 Å². The van der Waals surface area contributed by atoms with Crippen LogP contribution < -0.4 is 10.0 Å². The number of hydrogen-bond donors (Lipinski definition) is 2. The van der Waals surface area contributed by atoms with Crippen molar-refractivity contribution in [3.63, 3.8) is 0 Å². The molecule has 0 aliphatic carbocycles. The number of benzene rings is 3. The molecule has 0 heterocycles. The summed E-state index contributed by atoms with van der Waals surface area (Å²) >= 11 is 6.53. The summed E-state index contributed by atoms with van der Waals surface area (Å²) in [6, 6.07) is 19.5. The van der Waals surface area contributed by atoms with Gasteiger partial charge in [-0.15, -0.1) is 0 Å². The maximum absolute atomic E-state index is 12.8. The molecule has 3 rings (SSSR count). The molecule has 0 unspecified atom stereocenters. The van der Waals surface area contributed by atoms with Gasteiger partial charge in [0.1, 0.15) is 10.9 Å². The van der Waals surface area contributed by atoms with Crippen LogP contribution in [0.15, 0.2) is 86.6 Å². The third kappa shape index (κ3) is 6.68. The van der Waals surface area contributed by atoms with Gasteiger partial charge in [-0.1, -0.05) is 46.3 Å². The molecule has 0 spiro atoms. The van der Waals surface area contributed by atoms with E-state index in [9.17, 15) is 18.0 Å². The van der Waals surface area contributed by atoms with Crippen molar-refractivity contribution in [2.45, 2.75) is 17.4 Å². The number of carbonyl (C=O) groups is 2. The van der Waals surface area contributed by atoms with Crippen LogP contribution in [0.1, 0.15) is 15.9 Å². The highest BCUT2D eigenvalue weighted by Gasteiger charge is 2.24. The third-order valence-electron chi connectivity index (χ3n) is 4.91. The molecule has 10 heteroatoms. The second-order valence-corrected chi connectivity index (χ2v) is 11.1. The molecule has 7 nitrogen and oxygen atoms in total. The number of nitrogens with zero attached hydrogens (tertiary/aromatic N) is 1. The van der Waals surface area contributed by atoms with Gasteiger partial charge in [0.2, 0.25) is 5.91 Å². The molecule has 0 radical (unpaired) electrons. The molecule has 0 bridgehead atoms. The van der Waals surface area contributed by atoms with Gasteiger partial charge in [-0.05, 0) is 64.0 Å². The predicted octanol–water partition coefficient (Wildman–Crippen LogP) is 4.44. The van der Waals surface area contributed by atoms with Crippen LogP contribution in [0.25, 0.3) is 0 Å². The quantitative estimate of drug-likeness (QED) is 0.395. The predicted molar refractivity (Wildman–Crippen MR) is 139 cm³/mol. The maximum Gasteiger partial charge on any atom is 0.263 e. The van der Waals surface area contributed by atoms with Crippen LogP contribution in [-0.2, 0) is 21.2 Å². The fourth-order valence-electron chi connectivity index (χ4n) is 3.19. The molecular weight excluding hydrogens is 586 g/mol. The number of anilines is 1. The Morgan fingerprint density at radius 3 is 2.21 bits per heavy atom. The van der Waals surface area contributed by atoms with Gasteiger partial charge in [0.05, 0.1) is 0 Å². The summed E-state index contributed by atoms with van der Waals surface area (Å²) in [4.78, 5) is 27.0. The van der Waals surface area contributed by atoms with E-state index < -0.39 is 22.0 Å². The lowest BCUT2D eigenvalue weighted by Crippen LogP contribution is -2.47. The van der Waals surface area contributed by atoms with E-state index in [1.54, 1.807) is 26.2 Å². The van der Waals surface area contributed by atoms with Gasteiger partial charge in [0.25, 0.3) is 15.9 Å². The zero-order chi connectivity index (χ0) is 24.9. The number of likely N-dealkylation sites (N-methyl/N-ethyl adjacent to an activating group) is 1. The Bertz CT molecular complexity index is 1280. The molecule has 1 atom stereocenters. The lowest BCUT2D eigenvalue weighted by Gasteiger charge is -2.22. The van der Waals surface area contributed by atoms with Gasteiger partial charge < -0.3 is 10.2 Å². The second kappa shape index (κ2) is 11.2.